The highest BCUT2D eigenvalue weighted by molar-refractivity contribution is 9.12. The molecule has 3 aromatic carbocycles. The predicted octanol–water partition coefficient (Wildman–Crippen LogP) is 26.1. The van der Waals surface area contributed by atoms with E-state index in [1.807, 2.05) is 113 Å². The number of methoxy groups -OCH3 is 2. The molecule has 17 rings (SSSR count). The van der Waals surface area contributed by atoms with Crippen molar-refractivity contribution in [2.75, 3.05) is 52.2 Å². The summed E-state index contributed by atoms with van der Waals surface area (Å²) in [6.45, 7) is 18.3. The van der Waals surface area contributed by atoms with Crippen molar-refractivity contribution in [1.29, 1.82) is 21.0 Å². The zero-order valence-corrected chi connectivity index (χ0v) is 94.7. The molecule has 0 amide bonds. The van der Waals surface area contributed by atoms with Gasteiger partial charge in [-0.3, -0.25) is 18.9 Å². The number of esters is 2. The fourth-order valence-electron chi connectivity index (χ4n) is 11.8. The number of hydrogen-bond donors (Lipinski definition) is 5. The lowest BCUT2D eigenvalue weighted by atomic mass is 9.58. The van der Waals surface area contributed by atoms with E-state index < -0.39 is 28.5 Å². The molecule has 0 unspecified atom stereocenters. The quantitative estimate of drug-likeness (QED) is 0.0131. The predicted molar refractivity (Wildman–Crippen MR) is 586 cm³/mol. The Morgan fingerprint density at radius 3 is 1.23 bits per heavy atom. The molecular weight excluding hydrogens is 2420 g/mol. The first kappa shape index (κ1) is 120. The van der Waals surface area contributed by atoms with Gasteiger partial charge in [-0.05, 0) is 260 Å². The molecule has 0 spiro atoms. The van der Waals surface area contributed by atoms with Crippen molar-refractivity contribution >= 4 is 273 Å². The third kappa shape index (κ3) is 37.7. The summed E-state index contributed by atoms with van der Waals surface area (Å²) in [5.41, 5.74) is 19.1. The summed E-state index contributed by atoms with van der Waals surface area (Å²) in [6, 6.07) is 48.1. The van der Waals surface area contributed by atoms with Gasteiger partial charge in [0.05, 0.1) is 155 Å². The Labute approximate surface area is 900 Å². The summed E-state index contributed by atoms with van der Waals surface area (Å²) >= 11 is 35.6. The van der Waals surface area contributed by atoms with Gasteiger partial charge >= 0.3 is 28.5 Å². The SMILES string of the molecule is CB(C)C.CC(=O)OC(C)=O.CN(C)c1ccc(-c2cc(O)cn3ncc(C#N)c23)cc1.COc1cc(Br)c2c(C#N)cnn2c1.COc1cc(Br)c2ccnn2c1.Cc1cc(-c2ccc(N(C)C)cc2)c2c(C#N)cnn2c1.Cc1ccc(C(C)C)cc1.N#Cc1cnn2cc(O)cc(Br)c12.NO.O/N=C/c1cnn2cc(Br)cc(Br)c12.O=Cc1cnn2cc(Br)cc(Br)c12.O=P(Cl)(Cl)Cl.[2HH].[2HH].[2HH].[Cl][Al]([Cl])[Cl]. The van der Waals surface area contributed by atoms with Crippen molar-refractivity contribution in [3.63, 3.8) is 0 Å². The number of hydrogen-bond acceptors (Lipinski definition) is 26. The topological polar surface area (TPSA) is 438 Å². The van der Waals surface area contributed by atoms with Crippen molar-refractivity contribution < 1.29 is 58.1 Å². The Hall–Kier alpha value is -10.6. The van der Waals surface area contributed by atoms with Crippen LogP contribution in [-0.2, 0) is 18.9 Å². The van der Waals surface area contributed by atoms with Crippen LogP contribution in [-0.4, -0.2) is 173 Å². The van der Waals surface area contributed by atoms with Gasteiger partial charge in [-0.1, -0.05) is 93.6 Å². The van der Waals surface area contributed by atoms with Crippen molar-refractivity contribution in [2.24, 2.45) is 11.1 Å². The summed E-state index contributed by atoms with van der Waals surface area (Å²) in [6.07, 6.45) is 25.2. The van der Waals surface area contributed by atoms with Crippen LogP contribution < -0.4 is 25.2 Å². The molecule has 0 aliphatic heterocycles. The van der Waals surface area contributed by atoms with E-state index in [4.69, 9.17) is 60.6 Å². The maximum atomic E-state index is 10.6. The summed E-state index contributed by atoms with van der Waals surface area (Å²) < 4.78 is 41.1. The highest BCUT2D eigenvalue weighted by atomic mass is 79.9. The Morgan fingerprint density at radius 2 is 0.843 bits per heavy atom. The molecule has 736 valence electrons. The number of carbonyl (C=O) groups is 3. The second-order valence-corrected chi connectivity index (χ2v) is 48.8. The van der Waals surface area contributed by atoms with E-state index in [-0.39, 0.29) is 15.8 Å². The van der Waals surface area contributed by atoms with Crippen LogP contribution in [0.25, 0.3) is 60.9 Å². The van der Waals surface area contributed by atoms with Crippen LogP contribution >= 0.6 is 181 Å². The van der Waals surface area contributed by atoms with Gasteiger partial charge in [0.15, 0.2) is 6.29 Å². The first-order valence-electron chi connectivity index (χ1n) is 40.2. The van der Waals surface area contributed by atoms with E-state index in [1.54, 1.807) is 86.1 Å². The number of aldehydes is 1. The van der Waals surface area contributed by atoms with Gasteiger partial charge in [0.1, 0.15) is 54.0 Å². The zero-order valence-electron chi connectivity index (χ0n) is 77.0. The normalized spacial score (nSPS) is 10.1. The van der Waals surface area contributed by atoms with Gasteiger partial charge in [0.2, 0.25) is 0 Å². The molecule has 140 heavy (non-hydrogen) atoms. The van der Waals surface area contributed by atoms with E-state index >= 15 is 0 Å². The van der Waals surface area contributed by atoms with E-state index in [0.717, 1.165) is 118 Å². The summed E-state index contributed by atoms with van der Waals surface area (Å²) in [7, 11) is 26.0. The number of aromatic hydroxyl groups is 2. The standard InChI is InChI=1S/C17H16N4.C16H14N4O.C10H14.C9H6BrN3O.C8H5Br2N3O.C8H4Br2N2O.C8H4BrN3O.C8H7BrN2O.C4H6O3.C3H9B.Al.Cl3OP.3ClH.H3NO.3H2/c1-12-8-16(13-4-6-15(7-5-13)20(2)3)17-14(9-18)10-19-21(17)11-12;1-19(2)13-5-3-11(4-6-13)15-7-14(21)10-20-16(15)12(8-17)9-18-20;1-8(2)10-6-4-9(3)5-7-10;1-14-7-2-8(10)9-6(3-11)4-12-13(9)5-7;9-6-1-7(10)8-5(3-12-14)2-11-13(8)4-6;9-6-1-7(10)8-5(4-13)2-11-12(8)3-6;9-7-1-6(13)4-12-8(7)5(2-10)3-11-12;1-12-6-4-7(9)8-2-3-10-11(8)5-6;1-3(5)7-4(2)6;1-4(2)3;;1-5(2,3)4;;;;1-2;;;/h4-8,10-11H,1-3H3;3-7,9-10,21H,1-2H3;4-8H,1-3H3;2,4-5H,1H3;1-4,14H;1-4H;1,3-4,13H;2-5H,1H3;1-2H3;1-3H3;;;3*1H;2H,1H2;3*1H/q;;;;;;;;;;+3;;;;;;;;/p-3/b;;;;12-3+;;;;;;;;;;;;;;/i;;;;;;;;;;;;;;;;3*1+1. The largest absolute Gasteiger partial charge is 0.643 e. The second-order valence-electron chi connectivity index (χ2n) is 29.6. The van der Waals surface area contributed by atoms with Crippen molar-refractivity contribution in [3.8, 4) is 69.5 Å². The van der Waals surface area contributed by atoms with Crippen LogP contribution in [0, 0.1) is 59.2 Å². The monoisotopic (exact) mass is 2500 g/mol. The van der Waals surface area contributed by atoms with Crippen molar-refractivity contribution in [1.82, 2.24) is 67.3 Å². The molecule has 33 nitrogen and oxygen atoms in total. The van der Waals surface area contributed by atoms with Gasteiger partial charge in [-0.15, -0.1) is 0 Å². The molecule has 0 aliphatic rings. The number of nitriles is 4. The van der Waals surface area contributed by atoms with Crippen LogP contribution in [0.4, 0.5) is 11.4 Å². The molecular formula is C91H94AlBBr7Cl6N22O11P. The third-order valence-corrected chi connectivity index (χ3v) is 21.6. The maximum absolute atomic E-state index is 10.6. The first-order chi connectivity index (χ1) is 66.2. The molecule has 49 heteroatoms. The fourth-order valence-corrected chi connectivity index (χ4v) is 16.4. The van der Waals surface area contributed by atoms with Gasteiger partial charge < -0.3 is 44.6 Å². The Kier molecular flexibility index (Phi) is 50.8. The molecule has 0 saturated heterocycles. The van der Waals surface area contributed by atoms with Crippen LogP contribution in [0.1, 0.15) is 92.8 Å². The average molecular weight is 2520 g/mol. The number of anilines is 2. The van der Waals surface area contributed by atoms with Crippen molar-refractivity contribution in [3.05, 3.63) is 289 Å². The Morgan fingerprint density at radius 1 is 0.500 bits per heavy atom. The Balaban J connectivity index is 0.000000539. The minimum atomic E-state index is -3.22. The summed E-state index contributed by atoms with van der Waals surface area (Å²) in [4.78, 5) is 34.3. The first-order valence-corrected chi connectivity index (χ1v) is 55.4. The second kappa shape index (κ2) is 59.3. The number of aromatic nitrogens is 14. The number of pyridine rings is 7. The van der Waals surface area contributed by atoms with Gasteiger partial charge in [-0.2, -0.15) is 56.7 Å². The number of nitrogens with zero attached hydrogens (tertiary/aromatic N) is 21. The van der Waals surface area contributed by atoms with E-state index in [9.17, 15) is 39.7 Å². The summed E-state index contributed by atoms with van der Waals surface area (Å²) in [5.74, 6) is 4.73. The van der Waals surface area contributed by atoms with Crippen LogP contribution in [0.3, 0.4) is 0 Å². The highest BCUT2D eigenvalue weighted by Gasteiger charge is 2.18. The molecule has 14 heterocycles. The van der Waals surface area contributed by atoms with Gasteiger partial charge in [0.25, 0.3) is 0 Å². The zero-order chi connectivity index (χ0) is 105. The lowest BCUT2D eigenvalue weighted by molar-refractivity contribution is -0.156. The summed E-state index contributed by atoms with van der Waals surface area (Å²) in [5, 5.41) is 98.4. The lowest BCUT2D eigenvalue weighted by Gasteiger charge is -2.13. The van der Waals surface area contributed by atoms with E-state index in [2.05, 4.69) is 316 Å². The molecule has 0 fully saturated rings. The number of halogens is 13. The average Bonchev–Trinajstić information content (AvgIpc) is 1.64. The Bertz CT molecular complexity index is 7150. The van der Waals surface area contributed by atoms with Crippen LogP contribution in [0.15, 0.2) is 245 Å². The molecule has 0 atom stereocenters. The van der Waals surface area contributed by atoms with Crippen LogP contribution in [0.2, 0.25) is 20.5 Å². The lowest BCUT2D eigenvalue weighted by Crippen LogP contribution is -2.07. The number of nitrogens with two attached hydrogens (primary N) is 1. The molecule has 6 N–H and O–H groups in total. The molecule has 0 aliphatic carbocycles. The maximum Gasteiger partial charge on any atom is 0.643 e. The number of benzene rings is 3. The molecule has 14 aromatic heterocycles. The molecule has 0 saturated carbocycles. The van der Waals surface area contributed by atoms with E-state index in [0.29, 0.717) is 55.0 Å². The third-order valence-electron chi connectivity index (χ3n) is 17.7. The fraction of sp³-hybridized carbons (Fsp3) is 0.176. The number of aryl methyl sites for hydroxylation is 2. The molecule has 0 bridgehead atoms. The molecule has 17 aromatic rings. The van der Waals surface area contributed by atoms with E-state index in [1.165, 1.54) is 77.3 Å². The number of oxime groups is 1. The number of rotatable bonds is 9. The van der Waals surface area contributed by atoms with Crippen molar-refractivity contribution in [2.45, 2.75) is 67.9 Å². The minimum absolute atomic E-state index is 0. The highest BCUT2D eigenvalue weighted by Crippen LogP contribution is 2.61. The molecule has 0 radical (unpaired) electrons. The van der Waals surface area contributed by atoms with Gasteiger partial charge in [0, 0.05) is 124 Å². The number of ether oxygens (including phenoxy) is 3. The smallest absolute Gasteiger partial charge is 0.506 e. The number of fused-ring (bicyclic) bond motifs is 7. The number of carbonyl (C=O) groups excluding carboxylic acids is 3. The van der Waals surface area contributed by atoms with Gasteiger partial charge in [-0.25, -0.2) is 67.7 Å². The van der Waals surface area contributed by atoms with Crippen LogP contribution in [0.5, 0.6) is 23.0 Å². The minimum Gasteiger partial charge on any atom is -0.506 e.